The van der Waals surface area contributed by atoms with Gasteiger partial charge in [0.2, 0.25) is 0 Å². The molecule has 100 valence electrons. The fourth-order valence-corrected chi connectivity index (χ4v) is 1.68. The van der Waals surface area contributed by atoms with Crippen LogP contribution in [-0.4, -0.2) is 10.1 Å². The second kappa shape index (κ2) is 5.80. The summed E-state index contributed by atoms with van der Waals surface area (Å²) in [6, 6.07) is 8.02. The number of halogens is 1. The molecule has 1 heterocycles. The zero-order valence-electron chi connectivity index (χ0n) is 10.9. The van der Waals surface area contributed by atoms with Crippen molar-refractivity contribution in [2.75, 3.05) is 0 Å². The highest BCUT2D eigenvalue weighted by molar-refractivity contribution is 5.33. The predicted octanol–water partition coefficient (Wildman–Crippen LogP) is 3.76. The summed E-state index contributed by atoms with van der Waals surface area (Å²) in [7, 11) is 0. The Hall–Kier alpha value is -1.94. The number of rotatable bonds is 4. The van der Waals surface area contributed by atoms with Gasteiger partial charge in [0.25, 0.3) is 0 Å². The number of hydrogen-bond donors (Lipinski definition) is 1. The molecule has 0 fully saturated rings. The molecule has 0 unspecified atom stereocenters. The van der Waals surface area contributed by atoms with Gasteiger partial charge in [0.15, 0.2) is 0 Å². The molecule has 0 saturated carbocycles. The summed E-state index contributed by atoms with van der Waals surface area (Å²) in [5, 5.41) is 9.63. The van der Waals surface area contributed by atoms with Crippen LogP contribution in [0.4, 0.5) is 4.39 Å². The quantitative estimate of drug-likeness (QED) is 0.911. The second-order valence-corrected chi connectivity index (χ2v) is 4.36. The largest absolute Gasteiger partial charge is 0.456 e. The lowest BCUT2D eigenvalue weighted by molar-refractivity contribution is 0.169. The van der Waals surface area contributed by atoms with E-state index in [9.17, 15) is 9.50 Å². The van der Waals surface area contributed by atoms with Crippen LogP contribution in [-0.2, 0) is 0 Å². The van der Waals surface area contributed by atoms with E-state index < -0.39 is 6.10 Å². The van der Waals surface area contributed by atoms with Crippen molar-refractivity contribution in [2.24, 2.45) is 0 Å². The van der Waals surface area contributed by atoms with Crippen LogP contribution in [0.3, 0.4) is 0 Å². The van der Waals surface area contributed by atoms with Crippen LogP contribution in [0.1, 0.15) is 30.7 Å². The van der Waals surface area contributed by atoms with Crippen molar-refractivity contribution in [3.05, 3.63) is 53.6 Å². The second-order valence-electron chi connectivity index (χ2n) is 4.36. The molecule has 1 aromatic carbocycles. The van der Waals surface area contributed by atoms with Crippen LogP contribution in [0.15, 0.2) is 36.5 Å². The monoisotopic (exact) mass is 261 g/mol. The van der Waals surface area contributed by atoms with Crippen molar-refractivity contribution in [2.45, 2.75) is 26.4 Å². The van der Waals surface area contributed by atoms with Crippen molar-refractivity contribution in [1.29, 1.82) is 0 Å². The fourth-order valence-electron chi connectivity index (χ4n) is 1.68. The Morgan fingerprint density at radius 2 is 2.00 bits per heavy atom. The van der Waals surface area contributed by atoms with Gasteiger partial charge in [0.05, 0.1) is 18.0 Å². The van der Waals surface area contributed by atoms with Gasteiger partial charge in [0.1, 0.15) is 17.3 Å². The lowest BCUT2D eigenvalue weighted by Crippen LogP contribution is -1.98. The van der Waals surface area contributed by atoms with E-state index in [4.69, 9.17) is 4.74 Å². The summed E-state index contributed by atoms with van der Waals surface area (Å²) >= 11 is 0. The van der Waals surface area contributed by atoms with Gasteiger partial charge in [-0.25, -0.2) is 4.39 Å². The van der Waals surface area contributed by atoms with Crippen molar-refractivity contribution in [3.8, 4) is 11.5 Å². The molecule has 0 bridgehead atoms. The molecular weight excluding hydrogens is 245 g/mol. The van der Waals surface area contributed by atoms with E-state index >= 15 is 0 Å². The highest BCUT2D eigenvalue weighted by atomic mass is 19.1. The molecule has 2 aromatic rings. The molecule has 0 aliphatic rings. The summed E-state index contributed by atoms with van der Waals surface area (Å²) in [5.41, 5.74) is 1.15. The van der Waals surface area contributed by atoms with E-state index in [1.54, 1.807) is 37.4 Å². The molecule has 0 amide bonds. The average Bonchev–Trinajstić information content (AvgIpc) is 2.43. The number of benzene rings is 1. The summed E-state index contributed by atoms with van der Waals surface area (Å²) in [5.74, 6) is 0.856. The van der Waals surface area contributed by atoms with E-state index in [-0.39, 0.29) is 5.82 Å². The number of nitrogens with zero attached hydrogens (tertiary/aromatic N) is 1. The number of pyridine rings is 1. The summed E-state index contributed by atoms with van der Waals surface area (Å²) < 4.78 is 18.7. The van der Waals surface area contributed by atoms with Crippen LogP contribution in [0, 0.1) is 12.7 Å². The van der Waals surface area contributed by atoms with Crippen molar-refractivity contribution >= 4 is 0 Å². The van der Waals surface area contributed by atoms with Crippen LogP contribution in [0.25, 0.3) is 0 Å². The van der Waals surface area contributed by atoms with Crippen molar-refractivity contribution in [3.63, 3.8) is 0 Å². The van der Waals surface area contributed by atoms with Crippen LogP contribution < -0.4 is 4.74 Å². The van der Waals surface area contributed by atoms with Gasteiger partial charge in [-0.1, -0.05) is 6.92 Å². The van der Waals surface area contributed by atoms with Crippen LogP contribution >= 0.6 is 0 Å². The van der Waals surface area contributed by atoms with Crippen LogP contribution in [0.5, 0.6) is 11.5 Å². The number of aryl methyl sites for hydroxylation is 1. The number of ether oxygens (including phenoxy) is 1. The minimum Gasteiger partial charge on any atom is -0.456 e. The number of hydrogen-bond acceptors (Lipinski definition) is 3. The molecule has 2 rings (SSSR count). The van der Waals surface area contributed by atoms with Gasteiger partial charge < -0.3 is 9.84 Å². The lowest BCUT2D eigenvalue weighted by atomic mass is 10.2. The number of aliphatic hydroxyl groups is 1. The Bertz CT molecular complexity index is 555. The molecule has 1 aromatic heterocycles. The lowest BCUT2D eigenvalue weighted by Gasteiger charge is -2.09. The SMILES string of the molecule is CC[C@H](O)c1ccc(Oc2ccc(F)c(C)c2)cn1. The van der Waals surface area contributed by atoms with Crippen molar-refractivity contribution in [1.82, 2.24) is 4.98 Å². The van der Waals surface area contributed by atoms with E-state index in [0.29, 0.717) is 29.2 Å². The third kappa shape index (κ3) is 3.29. The maximum absolute atomic E-state index is 13.1. The van der Waals surface area contributed by atoms with Gasteiger partial charge >= 0.3 is 0 Å². The first-order valence-electron chi connectivity index (χ1n) is 6.18. The number of aliphatic hydroxyl groups excluding tert-OH is 1. The summed E-state index contributed by atoms with van der Waals surface area (Å²) in [6.07, 6.45) is 1.61. The minimum absolute atomic E-state index is 0.258. The maximum atomic E-state index is 13.1. The topological polar surface area (TPSA) is 42.4 Å². The third-order valence-corrected chi connectivity index (χ3v) is 2.85. The fraction of sp³-hybridized carbons (Fsp3) is 0.267. The number of aromatic nitrogens is 1. The van der Waals surface area contributed by atoms with Crippen molar-refractivity contribution < 1.29 is 14.2 Å². The zero-order valence-corrected chi connectivity index (χ0v) is 10.9. The summed E-state index contributed by atoms with van der Waals surface area (Å²) in [6.45, 7) is 3.57. The Labute approximate surface area is 111 Å². The first-order chi connectivity index (χ1) is 9.10. The zero-order chi connectivity index (χ0) is 13.8. The molecule has 1 N–H and O–H groups in total. The molecule has 0 radical (unpaired) electrons. The highest BCUT2D eigenvalue weighted by Gasteiger charge is 2.07. The molecule has 19 heavy (non-hydrogen) atoms. The minimum atomic E-state index is -0.554. The average molecular weight is 261 g/mol. The Morgan fingerprint density at radius 3 is 2.58 bits per heavy atom. The van der Waals surface area contributed by atoms with Gasteiger partial charge in [-0.15, -0.1) is 0 Å². The molecular formula is C15H16FNO2. The predicted molar refractivity (Wildman–Crippen MR) is 70.7 cm³/mol. The molecule has 0 aliphatic carbocycles. The van der Waals surface area contributed by atoms with Gasteiger partial charge in [0, 0.05) is 0 Å². The molecule has 3 nitrogen and oxygen atoms in total. The molecule has 1 atom stereocenters. The van der Waals surface area contributed by atoms with Crippen LogP contribution in [0.2, 0.25) is 0 Å². The van der Waals surface area contributed by atoms with E-state index in [1.807, 2.05) is 6.92 Å². The normalized spacial score (nSPS) is 12.2. The first kappa shape index (κ1) is 13.5. The Balaban J connectivity index is 2.12. The first-order valence-corrected chi connectivity index (χ1v) is 6.18. The highest BCUT2D eigenvalue weighted by Crippen LogP contribution is 2.24. The smallest absolute Gasteiger partial charge is 0.145 e. The maximum Gasteiger partial charge on any atom is 0.145 e. The molecule has 0 spiro atoms. The summed E-state index contributed by atoms with van der Waals surface area (Å²) in [4.78, 5) is 4.14. The standard InChI is InChI=1S/C15H16FNO2/c1-3-15(18)14-7-5-12(9-17-14)19-11-4-6-13(16)10(2)8-11/h4-9,15,18H,3H2,1-2H3/t15-/m0/s1. The Morgan fingerprint density at radius 1 is 1.26 bits per heavy atom. The van der Waals surface area contributed by atoms with Gasteiger partial charge in [-0.3, -0.25) is 4.98 Å². The van der Waals surface area contributed by atoms with E-state index in [0.717, 1.165) is 0 Å². The molecule has 4 heteroatoms. The molecule has 0 saturated heterocycles. The van der Waals surface area contributed by atoms with Gasteiger partial charge in [-0.2, -0.15) is 0 Å². The third-order valence-electron chi connectivity index (χ3n) is 2.85. The van der Waals surface area contributed by atoms with E-state index in [1.165, 1.54) is 6.07 Å². The van der Waals surface area contributed by atoms with Gasteiger partial charge in [-0.05, 0) is 49.2 Å². The van der Waals surface area contributed by atoms with E-state index in [2.05, 4.69) is 4.98 Å². The molecule has 0 aliphatic heterocycles. The Kier molecular flexibility index (Phi) is 4.12.